The Hall–Kier alpha value is -3.69. The van der Waals surface area contributed by atoms with Gasteiger partial charge in [-0.15, -0.1) is 0 Å². The first-order valence-corrected chi connectivity index (χ1v) is 9.66. The first-order chi connectivity index (χ1) is 14.4. The van der Waals surface area contributed by atoms with Crippen LogP contribution in [0.2, 0.25) is 0 Å². The first kappa shape index (κ1) is 21.0. The minimum Gasteiger partial charge on any atom is -0.471 e. The van der Waals surface area contributed by atoms with Crippen LogP contribution in [0.25, 0.3) is 0 Å². The molecule has 0 saturated heterocycles. The third kappa shape index (κ3) is 4.83. The van der Waals surface area contributed by atoms with Gasteiger partial charge in [-0.3, -0.25) is 4.79 Å². The van der Waals surface area contributed by atoms with Crippen LogP contribution in [0, 0.1) is 17.0 Å². The van der Waals surface area contributed by atoms with E-state index in [0.29, 0.717) is 17.8 Å². The fourth-order valence-electron chi connectivity index (χ4n) is 3.03. The molecule has 0 fully saturated rings. The molecule has 10 heteroatoms. The normalized spacial score (nSPS) is 11.8. The average Bonchev–Trinajstić information content (AvgIpc) is 3.34. The van der Waals surface area contributed by atoms with Gasteiger partial charge in [-0.25, -0.2) is 4.68 Å². The summed E-state index contributed by atoms with van der Waals surface area (Å²) in [7, 11) is 0. The van der Waals surface area contributed by atoms with Gasteiger partial charge in [0.15, 0.2) is 12.8 Å². The number of nitro groups is 1. The van der Waals surface area contributed by atoms with Gasteiger partial charge in [0.05, 0.1) is 34.9 Å². The van der Waals surface area contributed by atoms with E-state index in [-0.39, 0.29) is 18.5 Å². The summed E-state index contributed by atoms with van der Waals surface area (Å²) in [4.78, 5) is 23.1. The smallest absolute Gasteiger partial charge is 0.390 e. The predicted octanol–water partition coefficient (Wildman–Crippen LogP) is 3.48. The van der Waals surface area contributed by atoms with E-state index in [1.54, 1.807) is 17.8 Å². The van der Waals surface area contributed by atoms with Crippen molar-refractivity contribution < 1.29 is 14.5 Å². The second kappa shape index (κ2) is 9.21. The van der Waals surface area contributed by atoms with Crippen LogP contribution in [-0.4, -0.2) is 30.4 Å². The Morgan fingerprint density at radius 2 is 2.03 bits per heavy atom. The van der Waals surface area contributed by atoms with Crippen LogP contribution in [0.15, 0.2) is 42.7 Å². The van der Waals surface area contributed by atoms with Crippen LogP contribution in [0.1, 0.15) is 37.6 Å². The number of nitrogens with one attached hydrogen (secondary N) is 1. The lowest BCUT2D eigenvalue weighted by Gasteiger charge is -2.13. The van der Waals surface area contributed by atoms with E-state index in [2.05, 4.69) is 22.4 Å². The Morgan fingerprint density at radius 3 is 2.63 bits per heavy atom. The van der Waals surface area contributed by atoms with Gasteiger partial charge < -0.3 is 20.2 Å². The molecule has 1 atom stereocenters. The third-order valence-corrected chi connectivity index (χ3v) is 4.68. The summed E-state index contributed by atoms with van der Waals surface area (Å²) < 4.78 is 8.64. The highest BCUT2D eigenvalue weighted by atomic mass is 16.6. The van der Waals surface area contributed by atoms with Gasteiger partial charge in [-0.2, -0.15) is 9.78 Å². The summed E-state index contributed by atoms with van der Waals surface area (Å²) in [6.07, 6.45) is 4.57. The van der Waals surface area contributed by atoms with E-state index in [4.69, 9.17) is 4.74 Å². The van der Waals surface area contributed by atoms with Crippen molar-refractivity contribution in [3.63, 3.8) is 0 Å². The molecule has 0 spiro atoms. The second-order valence-corrected chi connectivity index (χ2v) is 6.80. The molecule has 1 N–H and O–H groups in total. The lowest BCUT2D eigenvalue weighted by atomic mass is 10.2. The van der Waals surface area contributed by atoms with Crippen molar-refractivity contribution >= 4 is 17.4 Å². The molecule has 0 aliphatic heterocycles. The SMILES string of the molecule is CCc1ccc(OCn2cc(NC(=O)C(CC)n3nc([N+](=O)[O-])cc3C)cn2)cc1. The maximum Gasteiger partial charge on any atom is 0.390 e. The van der Waals surface area contributed by atoms with Crippen molar-refractivity contribution in [2.45, 2.75) is 46.4 Å². The number of hydrogen-bond donors (Lipinski definition) is 1. The monoisotopic (exact) mass is 412 g/mol. The summed E-state index contributed by atoms with van der Waals surface area (Å²) in [5.41, 5.74) is 2.28. The van der Waals surface area contributed by atoms with Crippen LogP contribution < -0.4 is 10.1 Å². The quantitative estimate of drug-likeness (QED) is 0.425. The molecule has 1 aromatic carbocycles. The number of ether oxygens (including phenoxy) is 1. The Morgan fingerprint density at radius 1 is 1.30 bits per heavy atom. The van der Waals surface area contributed by atoms with Gasteiger partial charge in [0.25, 0.3) is 5.91 Å². The van der Waals surface area contributed by atoms with Gasteiger partial charge in [-0.05, 0) is 42.4 Å². The fourth-order valence-corrected chi connectivity index (χ4v) is 3.03. The number of carbonyl (C=O) groups excluding carboxylic acids is 1. The molecule has 30 heavy (non-hydrogen) atoms. The van der Waals surface area contributed by atoms with Crippen molar-refractivity contribution in [3.05, 3.63) is 64.1 Å². The van der Waals surface area contributed by atoms with E-state index < -0.39 is 11.0 Å². The van der Waals surface area contributed by atoms with Crippen LogP contribution in [0.3, 0.4) is 0 Å². The van der Waals surface area contributed by atoms with Crippen LogP contribution in [0.5, 0.6) is 5.75 Å². The van der Waals surface area contributed by atoms with Gasteiger partial charge in [0, 0.05) is 0 Å². The number of carbonyl (C=O) groups is 1. The molecule has 0 bridgehead atoms. The molecule has 0 aliphatic rings. The molecule has 1 amide bonds. The summed E-state index contributed by atoms with van der Waals surface area (Å²) in [5, 5.41) is 21.9. The highest BCUT2D eigenvalue weighted by Gasteiger charge is 2.27. The number of aromatic nitrogens is 4. The molecule has 3 aromatic rings. The maximum atomic E-state index is 12.7. The maximum absolute atomic E-state index is 12.7. The zero-order valence-electron chi connectivity index (χ0n) is 17.1. The zero-order valence-corrected chi connectivity index (χ0v) is 17.1. The molecule has 10 nitrogen and oxygen atoms in total. The number of anilines is 1. The molecule has 2 aromatic heterocycles. The largest absolute Gasteiger partial charge is 0.471 e. The molecule has 158 valence electrons. The molecule has 2 heterocycles. The third-order valence-electron chi connectivity index (χ3n) is 4.68. The number of aryl methyl sites for hydroxylation is 2. The van der Waals surface area contributed by atoms with E-state index >= 15 is 0 Å². The molecular weight excluding hydrogens is 388 g/mol. The summed E-state index contributed by atoms with van der Waals surface area (Å²) in [5.74, 6) is 0.125. The molecule has 0 radical (unpaired) electrons. The lowest BCUT2D eigenvalue weighted by Crippen LogP contribution is -2.27. The lowest BCUT2D eigenvalue weighted by molar-refractivity contribution is -0.389. The highest BCUT2D eigenvalue weighted by molar-refractivity contribution is 5.93. The van der Waals surface area contributed by atoms with Crippen LogP contribution in [0.4, 0.5) is 11.5 Å². The Bertz CT molecular complexity index is 1020. The minimum absolute atomic E-state index is 0.197. The van der Waals surface area contributed by atoms with Crippen molar-refractivity contribution in [1.82, 2.24) is 19.6 Å². The van der Waals surface area contributed by atoms with E-state index in [9.17, 15) is 14.9 Å². The molecule has 1 unspecified atom stereocenters. The zero-order chi connectivity index (χ0) is 21.7. The van der Waals surface area contributed by atoms with E-state index in [0.717, 1.165) is 12.2 Å². The molecule has 3 rings (SSSR count). The minimum atomic E-state index is -0.671. The Kier molecular flexibility index (Phi) is 6.45. The second-order valence-electron chi connectivity index (χ2n) is 6.80. The highest BCUT2D eigenvalue weighted by Crippen LogP contribution is 2.20. The van der Waals surface area contributed by atoms with Crippen LogP contribution in [-0.2, 0) is 17.9 Å². The summed E-state index contributed by atoms with van der Waals surface area (Å²) in [6.45, 7) is 5.78. The van der Waals surface area contributed by atoms with E-state index in [1.165, 1.54) is 22.5 Å². The summed E-state index contributed by atoms with van der Waals surface area (Å²) in [6, 6.07) is 8.51. The van der Waals surface area contributed by atoms with Gasteiger partial charge in [-0.1, -0.05) is 26.0 Å². The first-order valence-electron chi connectivity index (χ1n) is 9.66. The predicted molar refractivity (Wildman–Crippen MR) is 110 cm³/mol. The molecular formula is C20H24N6O4. The summed E-state index contributed by atoms with van der Waals surface area (Å²) >= 11 is 0. The van der Waals surface area contributed by atoms with Crippen molar-refractivity contribution in [3.8, 4) is 5.75 Å². The van der Waals surface area contributed by atoms with Crippen molar-refractivity contribution in [2.75, 3.05) is 5.32 Å². The van der Waals surface area contributed by atoms with Gasteiger partial charge in [0.2, 0.25) is 0 Å². The molecule has 0 aliphatic carbocycles. The van der Waals surface area contributed by atoms with Gasteiger partial charge >= 0.3 is 5.82 Å². The number of amides is 1. The van der Waals surface area contributed by atoms with Gasteiger partial charge in [0.1, 0.15) is 5.75 Å². The van der Waals surface area contributed by atoms with Crippen LogP contribution >= 0.6 is 0 Å². The Balaban J connectivity index is 1.62. The number of rotatable bonds is 9. The number of benzene rings is 1. The topological polar surface area (TPSA) is 117 Å². The van der Waals surface area contributed by atoms with Crippen molar-refractivity contribution in [2.24, 2.45) is 0 Å². The van der Waals surface area contributed by atoms with E-state index in [1.807, 2.05) is 31.2 Å². The fraction of sp³-hybridized carbons (Fsp3) is 0.350. The standard InChI is InChI=1S/C20H24N6O4/c1-4-15-6-8-17(9-7-15)30-13-24-12-16(11-21-24)22-20(27)18(5-2)25-14(3)10-19(23-25)26(28)29/h6-12,18H,4-5,13H2,1-3H3,(H,22,27). The molecule has 0 saturated carbocycles. The van der Waals surface area contributed by atoms with Crippen molar-refractivity contribution in [1.29, 1.82) is 0 Å². The average molecular weight is 412 g/mol. The number of hydrogen-bond acceptors (Lipinski definition) is 6. The Labute approximate surface area is 173 Å². The number of nitrogens with zero attached hydrogens (tertiary/aromatic N) is 5.